The zero-order chi connectivity index (χ0) is 19.2. The number of carbonyl (C=O) groups is 1. The summed E-state index contributed by atoms with van der Waals surface area (Å²) < 4.78 is 0.984. The van der Waals surface area contributed by atoms with E-state index in [2.05, 4.69) is 67.4 Å². The molecule has 1 heterocycles. The summed E-state index contributed by atoms with van der Waals surface area (Å²) in [4.78, 5) is 17.1. The topological polar surface area (TPSA) is 35.6 Å². The highest BCUT2D eigenvalue weighted by Gasteiger charge is 2.19. The number of amides is 1. The molecule has 2 aromatic carbocycles. The van der Waals surface area contributed by atoms with Gasteiger partial charge in [-0.05, 0) is 23.3 Å². The van der Waals surface area contributed by atoms with Gasteiger partial charge in [0.2, 0.25) is 5.91 Å². The third kappa shape index (κ3) is 5.89. The van der Waals surface area contributed by atoms with Crippen molar-refractivity contribution >= 4 is 27.5 Å². The smallest absolute Gasteiger partial charge is 0.226 e. The van der Waals surface area contributed by atoms with E-state index in [4.69, 9.17) is 0 Å². The minimum atomic E-state index is -0.0293. The zero-order valence-electron chi connectivity index (χ0n) is 16.1. The van der Waals surface area contributed by atoms with E-state index < -0.39 is 0 Å². The number of piperazine rings is 1. The summed E-state index contributed by atoms with van der Waals surface area (Å²) in [6, 6.07) is 16.8. The van der Waals surface area contributed by atoms with Crippen LogP contribution in [-0.2, 0) is 17.9 Å². The maximum absolute atomic E-state index is 12.1. The average molecular weight is 430 g/mol. The van der Waals surface area contributed by atoms with Gasteiger partial charge in [-0.15, -0.1) is 0 Å². The van der Waals surface area contributed by atoms with Crippen molar-refractivity contribution in [3.8, 4) is 0 Å². The van der Waals surface area contributed by atoms with Gasteiger partial charge >= 0.3 is 0 Å². The second-order valence-electron chi connectivity index (χ2n) is 7.48. The Labute approximate surface area is 170 Å². The highest BCUT2D eigenvalue weighted by Crippen LogP contribution is 2.24. The number of anilines is 1. The Kier molecular flexibility index (Phi) is 7.05. The predicted octanol–water partition coefficient (Wildman–Crippen LogP) is 4.36. The molecular weight excluding hydrogens is 402 g/mol. The second-order valence-corrected chi connectivity index (χ2v) is 8.40. The first-order valence-corrected chi connectivity index (χ1v) is 10.4. The normalized spacial score (nSPS) is 15.9. The Morgan fingerprint density at radius 3 is 2.26 bits per heavy atom. The molecule has 0 atom stereocenters. The Morgan fingerprint density at radius 2 is 1.63 bits per heavy atom. The molecule has 1 fully saturated rings. The molecule has 1 amide bonds. The summed E-state index contributed by atoms with van der Waals surface area (Å²) in [6.45, 7) is 9.93. The van der Waals surface area contributed by atoms with Crippen LogP contribution in [0.15, 0.2) is 53.0 Å². The number of nitrogens with one attached hydrogen (secondary N) is 1. The van der Waals surface area contributed by atoms with E-state index in [1.165, 1.54) is 11.1 Å². The molecule has 5 heteroatoms. The van der Waals surface area contributed by atoms with Crippen LogP contribution in [0.25, 0.3) is 0 Å². The van der Waals surface area contributed by atoms with Crippen molar-refractivity contribution in [3.05, 3.63) is 64.1 Å². The lowest BCUT2D eigenvalue weighted by molar-refractivity contribution is -0.118. The molecule has 1 aliphatic heterocycles. The summed E-state index contributed by atoms with van der Waals surface area (Å²) >= 11 is 3.52. The predicted molar refractivity (Wildman–Crippen MR) is 115 cm³/mol. The Bertz CT molecular complexity index is 755. The van der Waals surface area contributed by atoms with Crippen molar-refractivity contribution < 1.29 is 4.79 Å². The number of carbonyl (C=O) groups excluding carboxylic acids is 1. The third-order valence-corrected chi connectivity index (χ3v) is 5.46. The number of hydrogen-bond acceptors (Lipinski definition) is 3. The molecule has 1 saturated heterocycles. The summed E-state index contributed by atoms with van der Waals surface area (Å²) in [7, 11) is 0. The highest BCUT2D eigenvalue weighted by molar-refractivity contribution is 9.10. The van der Waals surface area contributed by atoms with Gasteiger partial charge in [-0.25, -0.2) is 0 Å². The molecule has 0 radical (unpaired) electrons. The van der Waals surface area contributed by atoms with Gasteiger partial charge in [0.25, 0.3) is 0 Å². The molecule has 2 aromatic rings. The number of rotatable bonds is 6. The van der Waals surface area contributed by atoms with Crippen LogP contribution in [0.5, 0.6) is 0 Å². The van der Waals surface area contributed by atoms with E-state index in [1.807, 2.05) is 26.0 Å². The van der Waals surface area contributed by atoms with Gasteiger partial charge in [-0.3, -0.25) is 14.6 Å². The average Bonchev–Trinajstić information content (AvgIpc) is 2.66. The van der Waals surface area contributed by atoms with E-state index in [0.717, 1.165) is 49.4 Å². The summed E-state index contributed by atoms with van der Waals surface area (Å²) in [5.74, 6) is 0.0281. The number of benzene rings is 2. The quantitative estimate of drug-likeness (QED) is 0.740. The van der Waals surface area contributed by atoms with E-state index in [1.54, 1.807) is 0 Å². The fourth-order valence-corrected chi connectivity index (χ4v) is 3.63. The molecule has 27 heavy (non-hydrogen) atoms. The van der Waals surface area contributed by atoms with Gasteiger partial charge in [0, 0.05) is 55.3 Å². The van der Waals surface area contributed by atoms with Crippen LogP contribution in [0.2, 0.25) is 0 Å². The van der Waals surface area contributed by atoms with Gasteiger partial charge in [0.05, 0.1) is 0 Å². The molecule has 0 aromatic heterocycles. The lowest BCUT2D eigenvalue weighted by Crippen LogP contribution is -2.45. The molecule has 3 rings (SSSR count). The summed E-state index contributed by atoms with van der Waals surface area (Å²) in [6.07, 6.45) is 0. The Balaban J connectivity index is 1.58. The van der Waals surface area contributed by atoms with Crippen LogP contribution in [-0.4, -0.2) is 41.9 Å². The fourth-order valence-electron chi connectivity index (χ4n) is 3.27. The molecular formula is C22H28BrN3O. The highest BCUT2D eigenvalue weighted by atomic mass is 79.9. The van der Waals surface area contributed by atoms with Crippen LogP contribution in [0.3, 0.4) is 0 Å². The van der Waals surface area contributed by atoms with Gasteiger partial charge in [0.1, 0.15) is 0 Å². The van der Waals surface area contributed by atoms with E-state index in [0.29, 0.717) is 0 Å². The molecule has 0 unspecified atom stereocenters. The lowest BCUT2D eigenvalue weighted by atomic mass is 10.1. The zero-order valence-corrected chi connectivity index (χ0v) is 17.7. The van der Waals surface area contributed by atoms with Crippen molar-refractivity contribution in [2.24, 2.45) is 5.92 Å². The molecule has 1 N–H and O–H groups in total. The molecule has 144 valence electrons. The number of halogens is 1. The van der Waals surface area contributed by atoms with Crippen molar-refractivity contribution in [3.63, 3.8) is 0 Å². The molecule has 0 bridgehead atoms. The lowest BCUT2D eigenvalue weighted by Gasteiger charge is -2.35. The van der Waals surface area contributed by atoms with E-state index in [-0.39, 0.29) is 11.8 Å². The molecule has 4 nitrogen and oxygen atoms in total. The number of nitrogens with zero attached hydrogens (tertiary/aromatic N) is 2. The molecule has 0 saturated carbocycles. The van der Waals surface area contributed by atoms with Crippen molar-refractivity contribution in [2.45, 2.75) is 26.9 Å². The largest absolute Gasteiger partial charge is 0.326 e. The molecule has 0 aliphatic carbocycles. The van der Waals surface area contributed by atoms with E-state index in [9.17, 15) is 4.79 Å². The van der Waals surface area contributed by atoms with Crippen LogP contribution < -0.4 is 5.32 Å². The summed E-state index contributed by atoms with van der Waals surface area (Å²) in [5.41, 5.74) is 3.45. The first-order valence-electron chi connectivity index (χ1n) is 9.59. The second kappa shape index (κ2) is 9.49. The molecule has 0 spiro atoms. The van der Waals surface area contributed by atoms with Gasteiger partial charge in [0.15, 0.2) is 0 Å². The first kappa shape index (κ1) is 20.1. The monoisotopic (exact) mass is 429 g/mol. The minimum absolute atomic E-state index is 0.0293. The Hall–Kier alpha value is -1.69. The van der Waals surface area contributed by atoms with Crippen molar-refractivity contribution in [1.29, 1.82) is 0 Å². The van der Waals surface area contributed by atoms with Crippen LogP contribution in [0.1, 0.15) is 25.0 Å². The molecule has 1 aliphatic rings. The van der Waals surface area contributed by atoms with Crippen molar-refractivity contribution in [2.75, 3.05) is 31.5 Å². The van der Waals surface area contributed by atoms with Crippen LogP contribution >= 0.6 is 15.9 Å². The number of hydrogen-bond donors (Lipinski definition) is 1. The summed E-state index contributed by atoms with van der Waals surface area (Å²) in [5, 5.41) is 3.08. The SMILES string of the molecule is CC(C)C(=O)Nc1cc(Br)ccc1CN1CCN(Cc2ccccc2)CC1. The van der Waals surface area contributed by atoms with Crippen LogP contribution in [0.4, 0.5) is 5.69 Å². The standard InChI is InChI=1S/C22H28BrN3O/c1-17(2)22(27)24-21-14-20(23)9-8-19(21)16-26-12-10-25(11-13-26)15-18-6-4-3-5-7-18/h3-9,14,17H,10-13,15-16H2,1-2H3,(H,24,27). The minimum Gasteiger partial charge on any atom is -0.326 e. The maximum atomic E-state index is 12.1. The first-order chi connectivity index (χ1) is 13.0. The Morgan fingerprint density at radius 1 is 1.00 bits per heavy atom. The maximum Gasteiger partial charge on any atom is 0.226 e. The van der Waals surface area contributed by atoms with Crippen molar-refractivity contribution in [1.82, 2.24) is 9.80 Å². The fraction of sp³-hybridized carbons (Fsp3) is 0.409. The third-order valence-electron chi connectivity index (χ3n) is 4.96. The van der Waals surface area contributed by atoms with Crippen LogP contribution in [0, 0.1) is 5.92 Å². The van der Waals surface area contributed by atoms with Gasteiger partial charge in [-0.1, -0.05) is 66.2 Å². The van der Waals surface area contributed by atoms with Gasteiger partial charge < -0.3 is 5.32 Å². The van der Waals surface area contributed by atoms with Gasteiger partial charge in [-0.2, -0.15) is 0 Å². The van der Waals surface area contributed by atoms with E-state index >= 15 is 0 Å².